The number of nitrogens with one attached hydrogen (secondary N) is 1. The van der Waals surface area contributed by atoms with Gasteiger partial charge in [0.25, 0.3) is 0 Å². The van der Waals surface area contributed by atoms with Crippen molar-refractivity contribution in [1.82, 2.24) is 4.98 Å². The van der Waals surface area contributed by atoms with Crippen molar-refractivity contribution < 1.29 is 0 Å². The highest BCUT2D eigenvalue weighted by Crippen LogP contribution is 2.40. The molecule has 0 radical (unpaired) electrons. The first-order valence-corrected chi connectivity index (χ1v) is 5.40. The van der Waals surface area contributed by atoms with Crippen LogP contribution >= 0.6 is 0 Å². The number of anilines is 1. The molecule has 2 heteroatoms. The maximum atomic E-state index is 4.49. The number of hydrogen-bond donors (Lipinski definition) is 1. The van der Waals surface area contributed by atoms with Gasteiger partial charge in [-0.3, -0.25) is 4.98 Å². The standard InChI is InChI=1S/C12H18N2/c1-8(2)10-6-11(9-4-5-9)14-7-12(10)13-3/h6-9,13H,4-5H2,1-3H3. The zero-order valence-corrected chi connectivity index (χ0v) is 9.17. The summed E-state index contributed by atoms with van der Waals surface area (Å²) in [5.74, 6) is 1.32. The second-order valence-electron chi connectivity index (χ2n) is 4.38. The maximum Gasteiger partial charge on any atom is 0.0559 e. The molecule has 0 unspecified atom stereocenters. The minimum Gasteiger partial charge on any atom is -0.387 e. The quantitative estimate of drug-likeness (QED) is 0.792. The van der Waals surface area contributed by atoms with Crippen molar-refractivity contribution in [3.63, 3.8) is 0 Å². The van der Waals surface area contributed by atoms with Gasteiger partial charge in [0.1, 0.15) is 0 Å². The van der Waals surface area contributed by atoms with Crippen molar-refractivity contribution in [1.29, 1.82) is 0 Å². The van der Waals surface area contributed by atoms with E-state index in [0.717, 1.165) is 5.92 Å². The Bertz CT molecular complexity index is 327. The molecule has 0 saturated heterocycles. The lowest BCUT2D eigenvalue weighted by Gasteiger charge is -2.13. The van der Waals surface area contributed by atoms with Crippen molar-refractivity contribution in [3.05, 3.63) is 23.5 Å². The fourth-order valence-electron chi connectivity index (χ4n) is 1.78. The van der Waals surface area contributed by atoms with Gasteiger partial charge in [0.05, 0.1) is 11.9 Å². The van der Waals surface area contributed by atoms with E-state index in [2.05, 4.69) is 30.2 Å². The highest BCUT2D eigenvalue weighted by Gasteiger charge is 2.25. The highest BCUT2D eigenvalue weighted by molar-refractivity contribution is 5.51. The Hall–Kier alpha value is -1.05. The van der Waals surface area contributed by atoms with Gasteiger partial charge in [-0.1, -0.05) is 13.8 Å². The molecule has 1 aromatic rings. The monoisotopic (exact) mass is 190 g/mol. The van der Waals surface area contributed by atoms with Crippen LogP contribution in [0.2, 0.25) is 0 Å². The van der Waals surface area contributed by atoms with E-state index < -0.39 is 0 Å². The number of rotatable bonds is 3. The van der Waals surface area contributed by atoms with Gasteiger partial charge in [-0.15, -0.1) is 0 Å². The molecule has 0 spiro atoms. The summed E-state index contributed by atoms with van der Waals surface area (Å²) in [6.45, 7) is 4.46. The molecular formula is C12H18N2. The molecule has 1 aliphatic rings. The Morgan fingerprint density at radius 2 is 2.14 bits per heavy atom. The Morgan fingerprint density at radius 1 is 1.43 bits per heavy atom. The molecule has 14 heavy (non-hydrogen) atoms. The molecule has 1 saturated carbocycles. The zero-order valence-electron chi connectivity index (χ0n) is 9.17. The third kappa shape index (κ3) is 1.74. The van der Waals surface area contributed by atoms with Crippen LogP contribution in [0.1, 0.15) is 49.8 Å². The molecule has 0 aliphatic heterocycles. The van der Waals surface area contributed by atoms with E-state index in [1.165, 1.54) is 29.8 Å². The Kier molecular flexibility index (Phi) is 2.44. The minimum atomic E-state index is 0.568. The fraction of sp³-hybridized carbons (Fsp3) is 0.583. The molecule has 0 bridgehead atoms. The number of aromatic nitrogens is 1. The van der Waals surface area contributed by atoms with E-state index in [1.807, 2.05) is 13.2 Å². The van der Waals surface area contributed by atoms with Crippen molar-refractivity contribution in [3.8, 4) is 0 Å². The average Bonchev–Trinajstić information content (AvgIpc) is 3.00. The van der Waals surface area contributed by atoms with E-state index in [0.29, 0.717) is 5.92 Å². The van der Waals surface area contributed by atoms with Gasteiger partial charge in [0.15, 0.2) is 0 Å². The first-order valence-electron chi connectivity index (χ1n) is 5.40. The second kappa shape index (κ2) is 3.60. The summed E-state index contributed by atoms with van der Waals surface area (Å²) in [6.07, 6.45) is 4.62. The fourth-order valence-corrected chi connectivity index (χ4v) is 1.78. The van der Waals surface area contributed by atoms with Crippen LogP contribution in [0.15, 0.2) is 12.3 Å². The van der Waals surface area contributed by atoms with Crippen LogP contribution in [0, 0.1) is 0 Å². The Morgan fingerprint density at radius 3 is 2.64 bits per heavy atom. The first-order chi connectivity index (χ1) is 6.72. The van der Waals surface area contributed by atoms with E-state index in [1.54, 1.807) is 0 Å². The topological polar surface area (TPSA) is 24.9 Å². The van der Waals surface area contributed by atoms with Gasteiger partial charge in [-0.05, 0) is 30.4 Å². The van der Waals surface area contributed by atoms with Gasteiger partial charge >= 0.3 is 0 Å². The van der Waals surface area contributed by atoms with Crippen molar-refractivity contribution in [2.24, 2.45) is 0 Å². The normalized spacial score (nSPS) is 16.0. The average molecular weight is 190 g/mol. The van der Waals surface area contributed by atoms with Crippen molar-refractivity contribution in [2.75, 3.05) is 12.4 Å². The van der Waals surface area contributed by atoms with Gasteiger partial charge < -0.3 is 5.32 Å². The third-order valence-corrected chi connectivity index (χ3v) is 2.84. The molecule has 1 fully saturated rings. The SMILES string of the molecule is CNc1cnc(C2CC2)cc1C(C)C. The van der Waals surface area contributed by atoms with Crippen LogP contribution in [0.25, 0.3) is 0 Å². The largest absolute Gasteiger partial charge is 0.387 e. The van der Waals surface area contributed by atoms with Gasteiger partial charge in [0, 0.05) is 18.7 Å². The van der Waals surface area contributed by atoms with E-state index >= 15 is 0 Å². The number of nitrogens with zero attached hydrogens (tertiary/aromatic N) is 1. The summed E-state index contributed by atoms with van der Waals surface area (Å²) in [4.78, 5) is 4.49. The van der Waals surface area contributed by atoms with Gasteiger partial charge in [-0.25, -0.2) is 0 Å². The van der Waals surface area contributed by atoms with E-state index in [-0.39, 0.29) is 0 Å². The summed E-state index contributed by atoms with van der Waals surface area (Å²) >= 11 is 0. The molecule has 1 heterocycles. The lowest BCUT2D eigenvalue weighted by atomic mass is 10.0. The van der Waals surface area contributed by atoms with Crippen molar-refractivity contribution >= 4 is 5.69 Å². The second-order valence-corrected chi connectivity index (χ2v) is 4.38. The molecule has 1 aromatic heterocycles. The predicted octanol–water partition coefficient (Wildman–Crippen LogP) is 3.12. The lowest BCUT2D eigenvalue weighted by molar-refractivity contribution is 0.854. The summed E-state index contributed by atoms with van der Waals surface area (Å²) in [6, 6.07) is 2.27. The molecule has 76 valence electrons. The number of hydrogen-bond acceptors (Lipinski definition) is 2. The lowest BCUT2D eigenvalue weighted by Crippen LogP contribution is -2.00. The Labute approximate surface area is 85.7 Å². The minimum absolute atomic E-state index is 0.568. The molecule has 1 N–H and O–H groups in total. The van der Waals surface area contributed by atoms with Crippen LogP contribution in [0.4, 0.5) is 5.69 Å². The van der Waals surface area contributed by atoms with Crippen LogP contribution < -0.4 is 5.32 Å². The molecule has 0 amide bonds. The van der Waals surface area contributed by atoms with Crippen molar-refractivity contribution in [2.45, 2.75) is 38.5 Å². The first kappa shape index (κ1) is 9.50. The smallest absolute Gasteiger partial charge is 0.0559 e. The maximum absolute atomic E-state index is 4.49. The molecule has 0 atom stereocenters. The summed E-state index contributed by atoms with van der Waals surface area (Å²) in [7, 11) is 1.96. The van der Waals surface area contributed by atoms with Gasteiger partial charge in [0.2, 0.25) is 0 Å². The van der Waals surface area contributed by atoms with E-state index in [4.69, 9.17) is 0 Å². The summed E-state index contributed by atoms with van der Waals surface area (Å²) in [5.41, 5.74) is 3.85. The van der Waals surface area contributed by atoms with Crippen LogP contribution in [-0.4, -0.2) is 12.0 Å². The van der Waals surface area contributed by atoms with Crippen LogP contribution in [0.3, 0.4) is 0 Å². The number of pyridine rings is 1. The van der Waals surface area contributed by atoms with Crippen LogP contribution in [-0.2, 0) is 0 Å². The van der Waals surface area contributed by atoms with Crippen LogP contribution in [0.5, 0.6) is 0 Å². The molecule has 2 nitrogen and oxygen atoms in total. The van der Waals surface area contributed by atoms with E-state index in [9.17, 15) is 0 Å². The Balaban J connectivity index is 2.35. The summed E-state index contributed by atoms with van der Waals surface area (Å²) < 4.78 is 0. The molecule has 1 aliphatic carbocycles. The predicted molar refractivity (Wildman–Crippen MR) is 59.8 cm³/mol. The van der Waals surface area contributed by atoms with Gasteiger partial charge in [-0.2, -0.15) is 0 Å². The zero-order chi connectivity index (χ0) is 10.1. The molecular weight excluding hydrogens is 172 g/mol. The third-order valence-electron chi connectivity index (χ3n) is 2.84. The molecule has 2 rings (SSSR count). The summed E-state index contributed by atoms with van der Waals surface area (Å²) in [5, 5.41) is 3.20. The molecule has 0 aromatic carbocycles. The highest BCUT2D eigenvalue weighted by atomic mass is 14.9.